The molecule has 0 aliphatic rings. The predicted octanol–water partition coefficient (Wildman–Crippen LogP) is 3.87. The monoisotopic (exact) mass is 406 g/mol. The molecule has 0 saturated heterocycles. The van der Waals surface area contributed by atoms with E-state index in [0.717, 1.165) is 56.2 Å². The van der Waals surface area contributed by atoms with Crippen molar-refractivity contribution in [1.29, 1.82) is 0 Å². The summed E-state index contributed by atoms with van der Waals surface area (Å²) in [6.07, 6.45) is 6.49. The molecule has 1 N–H and O–H groups in total. The molecular formula is C23H38N2O4. The molecule has 6 heteroatoms. The molecule has 0 aliphatic heterocycles. The van der Waals surface area contributed by atoms with Gasteiger partial charge in [0.2, 0.25) is 0 Å². The molecule has 0 radical (unpaired) electrons. The molecule has 0 aliphatic carbocycles. The van der Waals surface area contributed by atoms with Crippen molar-refractivity contribution in [1.82, 2.24) is 9.88 Å². The number of unbranched alkanes of at least 4 members (excludes halogenated alkanes) is 2. The van der Waals surface area contributed by atoms with E-state index in [1.807, 2.05) is 13.8 Å². The maximum absolute atomic E-state index is 13.2. The number of nitrogens with one attached hydrogen (secondary N) is 1. The summed E-state index contributed by atoms with van der Waals surface area (Å²) in [7, 11) is 1.30. The standard InChI is InChI=1S/C23H38N2O4/c1-7-10-13-19-17(12-9-3)15-18(22(27)25(19)14-11-8-2)21(26)24-20(16(4)5)23(28)29-6/h15-16,20H,7-14H2,1-6H3,(H,24,26). The fourth-order valence-electron chi connectivity index (χ4n) is 3.45. The fourth-order valence-corrected chi connectivity index (χ4v) is 3.45. The van der Waals surface area contributed by atoms with E-state index in [2.05, 4.69) is 26.1 Å². The van der Waals surface area contributed by atoms with Crippen molar-refractivity contribution in [3.05, 3.63) is 33.2 Å². The first-order valence-corrected chi connectivity index (χ1v) is 11.0. The molecule has 1 aromatic rings. The number of carbonyl (C=O) groups is 2. The van der Waals surface area contributed by atoms with Crippen molar-refractivity contribution < 1.29 is 14.3 Å². The minimum absolute atomic E-state index is 0.111. The molecule has 1 aromatic heterocycles. The van der Waals surface area contributed by atoms with Gasteiger partial charge in [0.05, 0.1) is 7.11 Å². The van der Waals surface area contributed by atoms with E-state index in [0.29, 0.717) is 6.54 Å². The van der Waals surface area contributed by atoms with Gasteiger partial charge < -0.3 is 14.6 Å². The van der Waals surface area contributed by atoms with Crippen LogP contribution in [0.15, 0.2) is 10.9 Å². The van der Waals surface area contributed by atoms with Crippen LogP contribution in [0.2, 0.25) is 0 Å². The van der Waals surface area contributed by atoms with Gasteiger partial charge in [-0.2, -0.15) is 0 Å². The first kappa shape index (κ1) is 24.9. The van der Waals surface area contributed by atoms with Crippen molar-refractivity contribution in [3.8, 4) is 0 Å². The van der Waals surface area contributed by atoms with Crippen LogP contribution < -0.4 is 10.9 Å². The highest BCUT2D eigenvalue weighted by atomic mass is 16.5. The number of nitrogens with zero attached hydrogens (tertiary/aromatic N) is 1. The van der Waals surface area contributed by atoms with E-state index >= 15 is 0 Å². The van der Waals surface area contributed by atoms with E-state index in [1.165, 1.54) is 7.11 Å². The number of ether oxygens (including phenoxy) is 1. The van der Waals surface area contributed by atoms with Gasteiger partial charge >= 0.3 is 5.97 Å². The Balaban J connectivity index is 3.44. The maximum atomic E-state index is 13.2. The third-order valence-corrected chi connectivity index (χ3v) is 5.17. The lowest BCUT2D eigenvalue weighted by Crippen LogP contribution is -2.47. The van der Waals surface area contributed by atoms with Gasteiger partial charge in [-0.1, -0.05) is 53.9 Å². The Morgan fingerprint density at radius 3 is 2.24 bits per heavy atom. The molecule has 0 bridgehead atoms. The predicted molar refractivity (Wildman–Crippen MR) is 116 cm³/mol. The first-order chi connectivity index (χ1) is 13.8. The normalized spacial score (nSPS) is 12.1. The smallest absolute Gasteiger partial charge is 0.328 e. The molecule has 1 heterocycles. The van der Waals surface area contributed by atoms with Crippen LogP contribution in [0, 0.1) is 5.92 Å². The van der Waals surface area contributed by atoms with Crippen LogP contribution in [0.25, 0.3) is 0 Å². The number of esters is 1. The third-order valence-electron chi connectivity index (χ3n) is 5.17. The van der Waals surface area contributed by atoms with Gasteiger partial charge in [-0.05, 0) is 43.2 Å². The summed E-state index contributed by atoms with van der Waals surface area (Å²) in [4.78, 5) is 38.2. The van der Waals surface area contributed by atoms with Gasteiger partial charge in [0, 0.05) is 12.2 Å². The largest absolute Gasteiger partial charge is 0.467 e. The highest BCUT2D eigenvalue weighted by molar-refractivity contribution is 5.96. The first-order valence-electron chi connectivity index (χ1n) is 11.0. The second kappa shape index (κ2) is 12.5. The Morgan fingerprint density at radius 1 is 1.07 bits per heavy atom. The number of carbonyl (C=O) groups excluding carboxylic acids is 2. The average molecular weight is 407 g/mol. The Bertz CT molecular complexity index is 737. The van der Waals surface area contributed by atoms with Gasteiger partial charge in [0.1, 0.15) is 11.6 Å². The van der Waals surface area contributed by atoms with Crippen LogP contribution in [0.1, 0.15) is 88.3 Å². The van der Waals surface area contributed by atoms with Crippen LogP contribution in [0.4, 0.5) is 0 Å². The van der Waals surface area contributed by atoms with E-state index in [4.69, 9.17) is 4.74 Å². The molecule has 0 aromatic carbocycles. The summed E-state index contributed by atoms with van der Waals surface area (Å²) in [6, 6.07) is 0.953. The second-order valence-electron chi connectivity index (χ2n) is 7.91. The molecule has 1 unspecified atom stereocenters. The molecule has 1 rings (SSSR count). The van der Waals surface area contributed by atoms with E-state index in [1.54, 1.807) is 10.6 Å². The van der Waals surface area contributed by atoms with Crippen LogP contribution in [-0.4, -0.2) is 29.6 Å². The lowest BCUT2D eigenvalue weighted by molar-refractivity contribution is -0.144. The quantitative estimate of drug-likeness (QED) is 0.535. The van der Waals surface area contributed by atoms with Gasteiger partial charge in [-0.3, -0.25) is 9.59 Å². The Morgan fingerprint density at radius 2 is 1.72 bits per heavy atom. The summed E-state index contributed by atoms with van der Waals surface area (Å²) < 4.78 is 6.60. The van der Waals surface area contributed by atoms with E-state index < -0.39 is 17.9 Å². The lowest BCUT2D eigenvalue weighted by Gasteiger charge is -2.22. The van der Waals surface area contributed by atoms with Crippen molar-refractivity contribution in [2.24, 2.45) is 5.92 Å². The van der Waals surface area contributed by atoms with Gasteiger partial charge in [0.15, 0.2) is 0 Å². The van der Waals surface area contributed by atoms with Crippen LogP contribution in [-0.2, 0) is 28.9 Å². The molecule has 6 nitrogen and oxygen atoms in total. The van der Waals surface area contributed by atoms with Crippen LogP contribution >= 0.6 is 0 Å². The van der Waals surface area contributed by atoms with Crippen molar-refractivity contribution >= 4 is 11.9 Å². The number of methoxy groups -OCH3 is 1. The Labute approximate surface area is 175 Å². The minimum Gasteiger partial charge on any atom is -0.467 e. The van der Waals surface area contributed by atoms with Crippen LogP contribution in [0.3, 0.4) is 0 Å². The van der Waals surface area contributed by atoms with Gasteiger partial charge in [-0.25, -0.2) is 4.79 Å². The zero-order valence-corrected chi connectivity index (χ0v) is 19.0. The molecule has 0 saturated carbocycles. The number of hydrogen-bond acceptors (Lipinski definition) is 4. The molecule has 164 valence electrons. The lowest BCUT2D eigenvalue weighted by atomic mass is 10.00. The Kier molecular flexibility index (Phi) is 10.7. The zero-order valence-electron chi connectivity index (χ0n) is 19.0. The van der Waals surface area contributed by atoms with E-state index in [9.17, 15) is 14.4 Å². The summed E-state index contributed by atoms with van der Waals surface area (Å²) in [5.74, 6) is -1.16. The van der Waals surface area contributed by atoms with Crippen molar-refractivity contribution in [2.75, 3.05) is 7.11 Å². The molecule has 0 spiro atoms. The van der Waals surface area contributed by atoms with Crippen molar-refractivity contribution in [2.45, 2.75) is 92.2 Å². The Hall–Kier alpha value is -2.11. The summed E-state index contributed by atoms with van der Waals surface area (Å²) in [5.41, 5.74) is 1.95. The third kappa shape index (κ3) is 6.72. The van der Waals surface area contributed by atoms with Crippen LogP contribution in [0.5, 0.6) is 0 Å². The zero-order chi connectivity index (χ0) is 22.0. The topological polar surface area (TPSA) is 77.4 Å². The summed E-state index contributed by atoms with van der Waals surface area (Å²) >= 11 is 0. The number of aryl methyl sites for hydroxylation is 1. The number of hydrogen-bond donors (Lipinski definition) is 1. The minimum atomic E-state index is -0.787. The SMILES string of the molecule is CCCCc1c(CCC)cc(C(=O)NC(C(=O)OC)C(C)C)c(=O)n1CCCC. The highest BCUT2D eigenvalue weighted by Gasteiger charge is 2.27. The van der Waals surface area contributed by atoms with E-state index in [-0.39, 0.29) is 17.0 Å². The number of aromatic nitrogens is 1. The maximum Gasteiger partial charge on any atom is 0.328 e. The molecule has 0 fully saturated rings. The second-order valence-corrected chi connectivity index (χ2v) is 7.91. The average Bonchev–Trinajstić information content (AvgIpc) is 2.70. The number of rotatable bonds is 12. The molecule has 1 atom stereocenters. The van der Waals surface area contributed by atoms with Gasteiger partial charge in [-0.15, -0.1) is 0 Å². The highest BCUT2D eigenvalue weighted by Crippen LogP contribution is 2.16. The molecular weight excluding hydrogens is 368 g/mol. The molecule has 29 heavy (non-hydrogen) atoms. The number of pyridine rings is 1. The fraction of sp³-hybridized carbons (Fsp3) is 0.696. The summed E-state index contributed by atoms with van der Waals surface area (Å²) in [6.45, 7) is 10.6. The summed E-state index contributed by atoms with van der Waals surface area (Å²) in [5, 5.41) is 2.71. The van der Waals surface area contributed by atoms with Gasteiger partial charge in [0.25, 0.3) is 11.5 Å². The number of amides is 1. The van der Waals surface area contributed by atoms with Crippen molar-refractivity contribution in [3.63, 3.8) is 0 Å². The molecule has 1 amide bonds.